The molecule has 1 aromatic heterocycles. The van der Waals surface area contributed by atoms with E-state index in [0.717, 1.165) is 36.8 Å². The summed E-state index contributed by atoms with van der Waals surface area (Å²) in [6.45, 7) is 5.75. The van der Waals surface area contributed by atoms with Gasteiger partial charge in [0.2, 0.25) is 0 Å². The zero-order valence-corrected chi connectivity index (χ0v) is 14.0. The Balaban J connectivity index is 1.56. The molecule has 1 aliphatic rings. The van der Waals surface area contributed by atoms with Crippen molar-refractivity contribution >= 4 is 17.2 Å². The van der Waals surface area contributed by atoms with Crippen molar-refractivity contribution in [1.29, 1.82) is 0 Å². The second-order valence-corrected chi connectivity index (χ2v) is 6.58. The van der Waals surface area contributed by atoms with Crippen LogP contribution in [0.2, 0.25) is 0 Å². The third kappa shape index (κ3) is 3.76. The Morgan fingerprint density at radius 1 is 1.26 bits per heavy atom. The smallest absolute Gasteiger partial charge is 0.256 e. The summed E-state index contributed by atoms with van der Waals surface area (Å²) in [6, 6.07) is 6.17. The summed E-state index contributed by atoms with van der Waals surface area (Å²) in [5.41, 5.74) is 1.26. The minimum Gasteiger partial charge on any atom is -0.336 e. The van der Waals surface area contributed by atoms with Gasteiger partial charge in [0, 0.05) is 38.1 Å². The van der Waals surface area contributed by atoms with Crippen molar-refractivity contribution in [2.45, 2.75) is 19.9 Å². The molecule has 1 fully saturated rings. The van der Waals surface area contributed by atoms with Crippen molar-refractivity contribution in [2.75, 3.05) is 26.2 Å². The van der Waals surface area contributed by atoms with E-state index in [0.29, 0.717) is 13.1 Å². The van der Waals surface area contributed by atoms with Gasteiger partial charge in [0.05, 0.1) is 16.3 Å². The molecule has 2 aromatic rings. The molecule has 0 atom stereocenters. The summed E-state index contributed by atoms with van der Waals surface area (Å²) in [5.74, 6) is -0.667. The number of aromatic nitrogens is 1. The molecule has 122 valence electrons. The van der Waals surface area contributed by atoms with E-state index in [1.807, 2.05) is 0 Å². The van der Waals surface area contributed by atoms with Gasteiger partial charge in [-0.15, -0.1) is 11.3 Å². The summed E-state index contributed by atoms with van der Waals surface area (Å²) in [5, 5.41) is 3.27. The van der Waals surface area contributed by atoms with E-state index in [1.54, 1.807) is 34.4 Å². The number of carbonyl (C=O) groups is 1. The van der Waals surface area contributed by atoms with Crippen molar-refractivity contribution < 1.29 is 9.18 Å². The van der Waals surface area contributed by atoms with Gasteiger partial charge in [-0.25, -0.2) is 9.37 Å². The van der Waals surface area contributed by atoms with Gasteiger partial charge < -0.3 is 4.90 Å². The molecule has 6 heteroatoms. The molecule has 0 bridgehead atoms. The van der Waals surface area contributed by atoms with Crippen LogP contribution in [0.4, 0.5) is 4.39 Å². The summed E-state index contributed by atoms with van der Waals surface area (Å²) < 4.78 is 13.7. The van der Waals surface area contributed by atoms with Gasteiger partial charge in [0.25, 0.3) is 5.91 Å². The fraction of sp³-hybridized carbons (Fsp3) is 0.412. The molecule has 0 spiro atoms. The maximum absolute atomic E-state index is 13.7. The summed E-state index contributed by atoms with van der Waals surface area (Å²) >= 11 is 1.70. The fourth-order valence-electron chi connectivity index (χ4n) is 2.73. The molecule has 1 aromatic carbocycles. The molecular formula is C17H20FN3OS. The lowest BCUT2D eigenvalue weighted by Crippen LogP contribution is -2.48. The fourth-order valence-corrected chi connectivity index (χ4v) is 3.46. The van der Waals surface area contributed by atoms with Gasteiger partial charge in [-0.05, 0) is 18.6 Å². The third-order valence-corrected chi connectivity index (χ3v) is 5.09. The normalized spacial score (nSPS) is 15.8. The Bertz CT molecular complexity index is 680. The standard InChI is InChI=1S/C17H20FN3OS/c1-2-16-19-13(12-23-16)11-20-7-9-21(10-8-20)17(22)14-5-3-4-6-15(14)18/h3-6,12H,2,7-11H2,1H3. The van der Waals surface area contributed by atoms with Crippen LogP contribution in [0.25, 0.3) is 0 Å². The van der Waals surface area contributed by atoms with E-state index >= 15 is 0 Å². The molecule has 0 radical (unpaired) electrons. The minimum atomic E-state index is -0.450. The van der Waals surface area contributed by atoms with Crippen LogP contribution in [0.5, 0.6) is 0 Å². The van der Waals surface area contributed by atoms with Gasteiger partial charge in [0.15, 0.2) is 0 Å². The highest BCUT2D eigenvalue weighted by molar-refractivity contribution is 7.09. The Morgan fingerprint density at radius 3 is 2.65 bits per heavy atom. The highest BCUT2D eigenvalue weighted by atomic mass is 32.1. The van der Waals surface area contributed by atoms with Crippen molar-refractivity contribution in [2.24, 2.45) is 0 Å². The Labute approximate surface area is 139 Å². The molecule has 4 nitrogen and oxygen atoms in total. The number of rotatable bonds is 4. The molecule has 23 heavy (non-hydrogen) atoms. The van der Waals surface area contributed by atoms with Crippen LogP contribution in [0.3, 0.4) is 0 Å². The Kier molecular flexibility index (Phi) is 5.03. The number of benzene rings is 1. The second kappa shape index (κ2) is 7.19. The van der Waals surface area contributed by atoms with Crippen molar-refractivity contribution in [1.82, 2.24) is 14.8 Å². The predicted octanol–water partition coefficient (Wildman–Crippen LogP) is 2.80. The lowest BCUT2D eigenvalue weighted by Gasteiger charge is -2.34. The number of halogens is 1. The predicted molar refractivity (Wildman–Crippen MR) is 89.1 cm³/mol. The number of amides is 1. The van der Waals surface area contributed by atoms with E-state index in [1.165, 1.54) is 6.07 Å². The van der Waals surface area contributed by atoms with E-state index in [9.17, 15) is 9.18 Å². The quantitative estimate of drug-likeness (QED) is 0.863. The first-order chi connectivity index (χ1) is 11.2. The van der Waals surface area contributed by atoms with Crippen LogP contribution >= 0.6 is 11.3 Å². The van der Waals surface area contributed by atoms with Crippen molar-refractivity contribution in [3.63, 3.8) is 0 Å². The Hall–Kier alpha value is -1.79. The number of carbonyl (C=O) groups excluding carboxylic acids is 1. The summed E-state index contributed by atoms with van der Waals surface area (Å²) in [4.78, 5) is 21.0. The number of thiazole rings is 1. The molecule has 0 unspecified atom stereocenters. The molecule has 0 saturated carbocycles. The van der Waals surface area contributed by atoms with Gasteiger partial charge in [-0.1, -0.05) is 19.1 Å². The highest BCUT2D eigenvalue weighted by Crippen LogP contribution is 2.15. The van der Waals surface area contributed by atoms with Crippen LogP contribution in [0, 0.1) is 5.82 Å². The third-order valence-electron chi connectivity index (χ3n) is 4.05. The zero-order valence-electron chi connectivity index (χ0n) is 13.2. The maximum atomic E-state index is 13.7. The van der Waals surface area contributed by atoms with Gasteiger partial charge in [-0.2, -0.15) is 0 Å². The first-order valence-corrected chi connectivity index (χ1v) is 8.74. The number of hydrogen-bond acceptors (Lipinski definition) is 4. The monoisotopic (exact) mass is 333 g/mol. The Morgan fingerprint density at radius 2 is 2.00 bits per heavy atom. The number of piperazine rings is 1. The van der Waals surface area contributed by atoms with Gasteiger partial charge in [0.1, 0.15) is 5.82 Å². The molecule has 0 N–H and O–H groups in total. The van der Waals surface area contributed by atoms with E-state index < -0.39 is 5.82 Å². The van der Waals surface area contributed by atoms with Crippen LogP contribution < -0.4 is 0 Å². The topological polar surface area (TPSA) is 36.4 Å². The van der Waals surface area contributed by atoms with E-state index in [-0.39, 0.29) is 11.5 Å². The lowest BCUT2D eigenvalue weighted by atomic mass is 10.1. The van der Waals surface area contributed by atoms with E-state index in [4.69, 9.17) is 0 Å². The SMILES string of the molecule is CCc1nc(CN2CCN(C(=O)c3ccccc3F)CC2)cs1. The average Bonchev–Trinajstić information content (AvgIpc) is 3.03. The zero-order chi connectivity index (χ0) is 16.2. The minimum absolute atomic E-state index is 0.160. The molecule has 1 saturated heterocycles. The summed E-state index contributed by atoms with van der Waals surface area (Å²) in [7, 11) is 0. The van der Waals surface area contributed by atoms with Gasteiger partial charge in [-0.3, -0.25) is 9.69 Å². The highest BCUT2D eigenvalue weighted by Gasteiger charge is 2.24. The van der Waals surface area contributed by atoms with Gasteiger partial charge >= 0.3 is 0 Å². The number of hydrogen-bond donors (Lipinski definition) is 0. The van der Waals surface area contributed by atoms with E-state index in [2.05, 4.69) is 22.2 Å². The van der Waals surface area contributed by atoms with Crippen molar-refractivity contribution in [3.05, 3.63) is 51.7 Å². The van der Waals surface area contributed by atoms with Crippen molar-refractivity contribution in [3.8, 4) is 0 Å². The summed E-state index contributed by atoms with van der Waals surface area (Å²) in [6.07, 6.45) is 0.968. The molecule has 1 aliphatic heterocycles. The average molecular weight is 333 g/mol. The first kappa shape index (κ1) is 16.1. The molecular weight excluding hydrogens is 313 g/mol. The lowest BCUT2D eigenvalue weighted by molar-refractivity contribution is 0.0622. The molecule has 0 aliphatic carbocycles. The largest absolute Gasteiger partial charge is 0.336 e. The second-order valence-electron chi connectivity index (χ2n) is 5.63. The number of nitrogens with zero attached hydrogens (tertiary/aromatic N) is 3. The molecule has 1 amide bonds. The van der Waals surface area contributed by atoms with Crippen LogP contribution in [0.1, 0.15) is 28.0 Å². The van der Waals surface area contributed by atoms with Crippen LogP contribution in [-0.4, -0.2) is 46.9 Å². The van der Waals surface area contributed by atoms with Crippen LogP contribution in [-0.2, 0) is 13.0 Å². The molecule has 3 rings (SSSR count). The maximum Gasteiger partial charge on any atom is 0.256 e. The molecule has 2 heterocycles. The first-order valence-electron chi connectivity index (χ1n) is 7.87. The number of aryl methyl sites for hydroxylation is 1. The van der Waals surface area contributed by atoms with Crippen LogP contribution in [0.15, 0.2) is 29.6 Å².